The Labute approximate surface area is 188 Å². The number of aromatic amines is 1. The van der Waals surface area contributed by atoms with Crippen molar-refractivity contribution in [2.24, 2.45) is 0 Å². The summed E-state index contributed by atoms with van der Waals surface area (Å²) < 4.78 is 0. The van der Waals surface area contributed by atoms with E-state index in [9.17, 15) is 0 Å². The Morgan fingerprint density at radius 2 is 1.37 bits per heavy atom. The molecule has 2 nitrogen and oxygen atoms in total. The lowest BCUT2D eigenvalue weighted by atomic mass is 9.32. The summed E-state index contributed by atoms with van der Waals surface area (Å²) in [6, 6.07) is 23.2. The zero-order valence-electron chi connectivity index (χ0n) is 17.3. The van der Waals surface area contributed by atoms with E-state index in [-0.39, 0.29) is 12.5 Å². The first-order valence-corrected chi connectivity index (χ1v) is 10.8. The number of halogens is 2. The van der Waals surface area contributed by atoms with E-state index >= 15 is 0 Å². The Balaban J connectivity index is 1.99. The Morgan fingerprint density at radius 1 is 0.800 bits per heavy atom. The van der Waals surface area contributed by atoms with Crippen LogP contribution in [0.1, 0.15) is 33.9 Å². The minimum Gasteiger partial charge on any atom is -0.348 e. The molecule has 0 aliphatic rings. The lowest BCUT2D eigenvalue weighted by Crippen LogP contribution is -2.48. The smallest absolute Gasteiger partial charge is 0.223 e. The summed E-state index contributed by atoms with van der Waals surface area (Å²) >= 11 is 13.1. The molecular weight excluding hydrogens is 410 g/mol. The first-order chi connectivity index (χ1) is 14.5. The average molecular weight is 433 g/mol. The molecule has 5 heteroatoms. The second kappa shape index (κ2) is 8.71. The molecule has 1 aromatic heterocycles. The summed E-state index contributed by atoms with van der Waals surface area (Å²) in [7, 11) is 0. The lowest BCUT2D eigenvalue weighted by Gasteiger charge is -2.26. The Bertz CT molecular complexity index is 1120. The fraction of sp³-hybridized carbons (Fsp3) is 0.160. The summed E-state index contributed by atoms with van der Waals surface area (Å²) in [5, 5.41) is 1.53. The highest BCUT2D eigenvalue weighted by molar-refractivity contribution is 6.87. The minimum atomic E-state index is 0.00519. The molecule has 4 rings (SSSR count). The molecular formula is C25H23BCl2N2. The summed E-state index contributed by atoms with van der Waals surface area (Å²) in [6.45, 7) is 6.12. The van der Waals surface area contributed by atoms with Crippen molar-refractivity contribution in [1.29, 1.82) is 0 Å². The van der Waals surface area contributed by atoms with E-state index in [0.29, 0.717) is 0 Å². The van der Waals surface area contributed by atoms with Gasteiger partial charge in [0.25, 0.3) is 0 Å². The van der Waals surface area contributed by atoms with Gasteiger partial charge in [-0.05, 0) is 49.6 Å². The molecule has 150 valence electrons. The number of nitrogens with one attached hydrogen (secondary N) is 1. The van der Waals surface area contributed by atoms with Crippen molar-refractivity contribution in [2.45, 2.75) is 26.6 Å². The number of rotatable bonds is 5. The molecule has 1 N–H and O–H groups in total. The van der Waals surface area contributed by atoms with Gasteiger partial charge in [-0.15, -0.1) is 0 Å². The molecule has 1 heterocycles. The molecule has 0 aliphatic heterocycles. The van der Waals surface area contributed by atoms with Gasteiger partial charge in [-0.1, -0.05) is 88.7 Å². The lowest BCUT2D eigenvalue weighted by molar-refractivity contribution is 1.02. The van der Waals surface area contributed by atoms with Crippen LogP contribution < -0.4 is 10.9 Å². The van der Waals surface area contributed by atoms with E-state index in [2.05, 4.69) is 72.6 Å². The summed E-state index contributed by atoms with van der Waals surface area (Å²) in [6.07, 6.45) is 1.77. The van der Waals surface area contributed by atoms with Crippen LogP contribution in [0, 0.1) is 20.8 Å². The molecule has 1 atom stereocenters. The van der Waals surface area contributed by atoms with Crippen molar-refractivity contribution >= 4 is 40.8 Å². The minimum absolute atomic E-state index is 0.00519. The van der Waals surface area contributed by atoms with Gasteiger partial charge in [0.05, 0.1) is 12.0 Å². The van der Waals surface area contributed by atoms with Crippen molar-refractivity contribution in [3.05, 3.63) is 111 Å². The van der Waals surface area contributed by atoms with E-state index in [0.717, 1.165) is 43.5 Å². The number of imidazole rings is 1. The molecule has 0 saturated carbocycles. The fourth-order valence-corrected chi connectivity index (χ4v) is 4.41. The van der Waals surface area contributed by atoms with Crippen molar-refractivity contribution in [3.8, 4) is 0 Å². The molecule has 0 fully saturated rings. The zero-order valence-corrected chi connectivity index (χ0v) is 18.8. The van der Waals surface area contributed by atoms with Gasteiger partial charge in [0.1, 0.15) is 0 Å². The van der Waals surface area contributed by atoms with Crippen LogP contribution in [-0.4, -0.2) is 16.7 Å². The maximum atomic E-state index is 6.56. The second-order valence-electron chi connectivity index (χ2n) is 7.80. The molecule has 0 spiro atoms. The van der Waals surface area contributed by atoms with Gasteiger partial charge in [-0.25, -0.2) is 4.98 Å². The first-order valence-electron chi connectivity index (χ1n) is 10.0. The summed E-state index contributed by atoms with van der Waals surface area (Å²) in [5.74, 6) is 0.00926. The predicted octanol–water partition coefficient (Wildman–Crippen LogP) is 5.62. The van der Waals surface area contributed by atoms with Gasteiger partial charge < -0.3 is 4.98 Å². The van der Waals surface area contributed by atoms with E-state index in [4.69, 9.17) is 28.2 Å². The summed E-state index contributed by atoms with van der Waals surface area (Å²) in [4.78, 5) is 7.98. The molecule has 0 amide bonds. The van der Waals surface area contributed by atoms with Crippen molar-refractivity contribution in [3.63, 3.8) is 0 Å². The SMILES string of the molecule is Cc1ccc(B(c2ccc(C)c(Cl)c2)C(c2ccccc2)c2nc[nH]c2C)cc1Cl. The molecule has 30 heavy (non-hydrogen) atoms. The molecule has 0 bridgehead atoms. The second-order valence-corrected chi connectivity index (χ2v) is 8.61. The highest BCUT2D eigenvalue weighted by atomic mass is 35.5. The quantitative estimate of drug-likeness (QED) is 0.407. The van der Waals surface area contributed by atoms with Gasteiger partial charge in [-0.3, -0.25) is 0 Å². The highest BCUT2D eigenvalue weighted by Crippen LogP contribution is 2.29. The van der Waals surface area contributed by atoms with Gasteiger partial charge in [0.2, 0.25) is 6.71 Å². The number of H-pyrrole nitrogens is 1. The standard InChI is InChI=1S/C25H23BCl2N2/c1-16-9-11-20(13-22(16)27)26(21-12-10-17(2)23(28)14-21)24(19-7-5-4-6-8-19)25-18(3)29-15-30-25/h4-15,24H,1-3H3,(H,29,30). The number of hydrogen-bond acceptors (Lipinski definition) is 1. The van der Waals surface area contributed by atoms with E-state index in [1.807, 2.05) is 19.9 Å². The number of aryl methyl sites for hydroxylation is 3. The zero-order chi connectivity index (χ0) is 21.3. The van der Waals surface area contributed by atoms with Crippen molar-refractivity contribution in [2.75, 3.05) is 0 Å². The van der Waals surface area contributed by atoms with Gasteiger partial charge in [-0.2, -0.15) is 0 Å². The van der Waals surface area contributed by atoms with Crippen LogP contribution in [0.4, 0.5) is 0 Å². The third-order valence-corrected chi connectivity index (χ3v) is 6.58. The maximum absolute atomic E-state index is 6.56. The Kier molecular flexibility index (Phi) is 6.03. The van der Waals surface area contributed by atoms with E-state index < -0.39 is 0 Å². The summed E-state index contributed by atoms with van der Waals surface area (Å²) in [5.41, 5.74) is 7.70. The molecule has 0 radical (unpaired) electrons. The third kappa shape index (κ3) is 4.05. The molecule has 0 saturated heterocycles. The predicted molar refractivity (Wildman–Crippen MR) is 129 cm³/mol. The molecule has 0 aliphatic carbocycles. The van der Waals surface area contributed by atoms with Crippen molar-refractivity contribution < 1.29 is 0 Å². The van der Waals surface area contributed by atoms with E-state index in [1.165, 1.54) is 5.56 Å². The van der Waals surface area contributed by atoms with Gasteiger partial charge >= 0.3 is 0 Å². The van der Waals surface area contributed by atoms with Crippen LogP contribution in [0.25, 0.3) is 0 Å². The van der Waals surface area contributed by atoms with Crippen LogP contribution in [-0.2, 0) is 0 Å². The number of nitrogens with zero attached hydrogens (tertiary/aromatic N) is 1. The largest absolute Gasteiger partial charge is 0.348 e. The first kappa shape index (κ1) is 20.8. The van der Waals surface area contributed by atoms with Crippen molar-refractivity contribution in [1.82, 2.24) is 9.97 Å². The number of benzene rings is 3. The fourth-order valence-electron chi connectivity index (χ4n) is 4.03. The molecule has 4 aromatic rings. The van der Waals surface area contributed by atoms with E-state index in [1.54, 1.807) is 6.33 Å². The average Bonchev–Trinajstić information content (AvgIpc) is 3.16. The maximum Gasteiger partial charge on any atom is 0.223 e. The van der Waals surface area contributed by atoms with Gasteiger partial charge in [0.15, 0.2) is 0 Å². The number of hydrogen-bond donors (Lipinski definition) is 1. The van der Waals surface area contributed by atoms with Crippen LogP contribution >= 0.6 is 23.2 Å². The highest BCUT2D eigenvalue weighted by Gasteiger charge is 2.34. The molecule has 1 unspecified atom stereocenters. The normalized spacial score (nSPS) is 12.0. The van der Waals surface area contributed by atoms with Crippen LogP contribution in [0.15, 0.2) is 73.1 Å². The van der Waals surface area contributed by atoms with Crippen LogP contribution in [0.2, 0.25) is 10.0 Å². The van der Waals surface area contributed by atoms with Crippen LogP contribution in [0.3, 0.4) is 0 Å². The van der Waals surface area contributed by atoms with Crippen LogP contribution in [0.5, 0.6) is 0 Å². The topological polar surface area (TPSA) is 28.7 Å². The Morgan fingerprint density at radius 3 is 1.83 bits per heavy atom. The third-order valence-electron chi connectivity index (χ3n) is 5.77. The van der Waals surface area contributed by atoms with Gasteiger partial charge in [0, 0.05) is 21.6 Å². The monoisotopic (exact) mass is 432 g/mol. The number of aromatic nitrogens is 2. The Hall–Kier alpha value is -2.49. The molecule has 3 aromatic carbocycles.